The molecule has 0 bridgehead atoms. The quantitative estimate of drug-likeness (QED) is 0.640. The molecule has 0 unspecified atom stereocenters. The maximum atomic E-state index is 11.9. The second-order valence-electron chi connectivity index (χ2n) is 5.34. The number of nitrogens with two attached hydrogens (primary N) is 1. The van der Waals surface area contributed by atoms with Crippen LogP contribution in [0.3, 0.4) is 0 Å². The monoisotopic (exact) mass is 273 g/mol. The Hall–Kier alpha value is -1.81. The number of hydrogen-bond donors (Lipinski definition) is 2. The first kappa shape index (κ1) is 14.6. The third kappa shape index (κ3) is 4.38. The average molecular weight is 273 g/mol. The second-order valence-corrected chi connectivity index (χ2v) is 5.34. The van der Waals surface area contributed by atoms with Crippen LogP contribution in [-0.2, 0) is 4.79 Å². The summed E-state index contributed by atoms with van der Waals surface area (Å²) in [5.41, 5.74) is 8.58. The molecule has 4 nitrogen and oxygen atoms in total. The SMILES string of the molecule is CC1=CCN(CCCC(=O)Nc2ccccc2N)CC1. The van der Waals surface area contributed by atoms with Crippen LogP contribution in [0, 0.1) is 0 Å². The fourth-order valence-corrected chi connectivity index (χ4v) is 2.30. The normalized spacial score (nSPS) is 15.8. The number of rotatable bonds is 5. The number of carbonyl (C=O) groups is 1. The van der Waals surface area contributed by atoms with E-state index in [1.54, 1.807) is 6.07 Å². The Morgan fingerprint density at radius 3 is 2.90 bits per heavy atom. The van der Waals surface area contributed by atoms with Crippen molar-refractivity contribution >= 4 is 17.3 Å². The first-order chi connectivity index (χ1) is 9.65. The smallest absolute Gasteiger partial charge is 0.224 e. The number of amides is 1. The molecule has 0 saturated heterocycles. The minimum absolute atomic E-state index is 0.0339. The summed E-state index contributed by atoms with van der Waals surface area (Å²) in [6.07, 6.45) is 4.83. The van der Waals surface area contributed by atoms with Crippen LogP contribution in [0.5, 0.6) is 0 Å². The predicted molar refractivity (Wildman–Crippen MR) is 83.5 cm³/mol. The van der Waals surface area contributed by atoms with Gasteiger partial charge in [0.2, 0.25) is 5.91 Å². The number of benzene rings is 1. The molecule has 3 N–H and O–H groups in total. The van der Waals surface area contributed by atoms with E-state index in [0.29, 0.717) is 17.8 Å². The Kier molecular flexibility index (Phi) is 5.18. The van der Waals surface area contributed by atoms with Gasteiger partial charge in [0, 0.05) is 19.5 Å². The summed E-state index contributed by atoms with van der Waals surface area (Å²) >= 11 is 0. The van der Waals surface area contributed by atoms with Gasteiger partial charge in [-0.3, -0.25) is 9.69 Å². The molecule has 0 fully saturated rings. The van der Waals surface area contributed by atoms with Crippen LogP contribution in [0.25, 0.3) is 0 Å². The third-order valence-electron chi connectivity index (χ3n) is 3.63. The van der Waals surface area contributed by atoms with Crippen LogP contribution in [0.4, 0.5) is 11.4 Å². The van der Waals surface area contributed by atoms with Crippen LogP contribution in [0.15, 0.2) is 35.9 Å². The zero-order valence-corrected chi connectivity index (χ0v) is 12.1. The highest BCUT2D eigenvalue weighted by molar-refractivity contribution is 5.93. The summed E-state index contributed by atoms with van der Waals surface area (Å²) in [7, 11) is 0. The van der Waals surface area contributed by atoms with E-state index in [1.165, 1.54) is 5.57 Å². The van der Waals surface area contributed by atoms with E-state index >= 15 is 0 Å². The molecule has 1 aliphatic heterocycles. The number of hydrogen-bond acceptors (Lipinski definition) is 3. The van der Waals surface area contributed by atoms with Crippen molar-refractivity contribution in [3.8, 4) is 0 Å². The van der Waals surface area contributed by atoms with Crippen molar-refractivity contribution in [2.75, 3.05) is 30.7 Å². The molecule has 2 rings (SSSR count). The number of nitrogens with zero attached hydrogens (tertiary/aromatic N) is 1. The molecule has 20 heavy (non-hydrogen) atoms. The van der Waals surface area contributed by atoms with E-state index in [0.717, 1.165) is 32.5 Å². The van der Waals surface area contributed by atoms with Gasteiger partial charge in [0.1, 0.15) is 0 Å². The fourth-order valence-electron chi connectivity index (χ4n) is 2.30. The lowest BCUT2D eigenvalue weighted by atomic mass is 10.1. The summed E-state index contributed by atoms with van der Waals surface area (Å²) in [6, 6.07) is 7.34. The van der Waals surface area contributed by atoms with Gasteiger partial charge in [-0.25, -0.2) is 0 Å². The first-order valence-corrected chi connectivity index (χ1v) is 7.17. The molecular weight excluding hydrogens is 250 g/mol. The summed E-state index contributed by atoms with van der Waals surface area (Å²) in [5, 5.41) is 2.86. The number of anilines is 2. The Bertz CT molecular complexity index is 496. The molecule has 1 aromatic rings. The van der Waals surface area contributed by atoms with E-state index in [1.807, 2.05) is 18.2 Å². The van der Waals surface area contributed by atoms with Crippen molar-refractivity contribution in [3.05, 3.63) is 35.9 Å². The highest BCUT2D eigenvalue weighted by atomic mass is 16.1. The second kappa shape index (κ2) is 7.10. The molecule has 0 aliphatic carbocycles. The lowest BCUT2D eigenvalue weighted by Gasteiger charge is -2.24. The van der Waals surface area contributed by atoms with E-state index < -0.39 is 0 Å². The average Bonchev–Trinajstić information content (AvgIpc) is 2.44. The van der Waals surface area contributed by atoms with Crippen molar-refractivity contribution in [2.24, 2.45) is 0 Å². The lowest BCUT2D eigenvalue weighted by molar-refractivity contribution is -0.116. The van der Waals surface area contributed by atoms with Gasteiger partial charge in [0.15, 0.2) is 0 Å². The molecule has 108 valence electrons. The summed E-state index contributed by atoms with van der Waals surface area (Å²) < 4.78 is 0. The fraction of sp³-hybridized carbons (Fsp3) is 0.438. The molecular formula is C16H23N3O. The van der Waals surface area contributed by atoms with E-state index in [-0.39, 0.29) is 5.91 Å². The topological polar surface area (TPSA) is 58.4 Å². The van der Waals surface area contributed by atoms with Crippen LogP contribution < -0.4 is 11.1 Å². The maximum absolute atomic E-state index is 11.9. The summed E-state index contributed by atoms with van der Waals surface area (Å²) in [5.74, 6) is 0.0339. The zero-order chi connectivity index (χ0) is 14.4. The molecule has 1 aliphatic rings. The van der Waals surface area contributed by atoms with Gasteiger partial charge in [-0.1, -0.05) is 23.8 Å². The van der Waals surface area contributed by atoms with Gasteiger partial charge in [0.25, 0.3) is 0 Å². The molecule has 1 amide bonds. The molecule has 0 atom stereocenters. The molecule has 0 saturated carbocycles. The summed E-state index contributed by atoms with van der Waals surface area (Å²) in [6.45, 7) is 5.27. The van der Waals surface area contributed by atoms with Gasteiger partial charge in [-0.05, 0) is 38.4 Å². The van der Waals surface area contributed by atoms with Crippen molar-refractivity contribution in [3.63, 3.8) is 0 Å². The maximum Gasteiger partial charge on any atom is 0.224 e. The van der Waals surface area contributed by atoms with Crippen LogP contribution in [-0.4, -0.2) is 30.4 Å². The Labute approximate surface area is 120 Å². The van der Waals surface area contributed by atoms with Gasteiger partial charge in [-0.2, -0.15) is 0 Å². The zero-order valence-electron chi connectivity index (χ0n) is 12.1. The Balaban J connectivity index is 1.69. The van der Waals surface area contributed by atoms with Crippen molar-refractivity contribution in [1.29, 1.82) is 0 Å². The van der Waals surface area contributed by atoms with Crippen molar-refractivity contribution in [1.82, 2.24) is 4.90 Å². The largest absolute Gasteiger partial charge is 0.397 e. The van der Waals surface area contributed by atoms with Crippen molar-refractivity contribution in [2.45, 2.75) is 26.2 Å². The number of carbonyl (C=O) groups excluding carboxylic acids is 1. The van der Waals surface area contributed by atoms with Crippen LogP contribution >= 0.6 is 0 Å². The molecule has 1 heterocycles. The lowest BCUT2D eigenvalue weighted by Crippen LogP contribution is -2.30. The summed E-state index contributed by atoms with van der Waals surface area (Å²) in [4.78, 5) is 14.2. The molecule has 1 aromatic carbocycles. The molecule has 0 radical (unpaired) electrons. The predicted octanol–water partition coefficient (Wildman–Crippen LogP) is 2.64. The minimum atomic E-state index is 0.0339. The van der Waals surface area contributed by atoms with Crippen LogP contribution in [0.2, 0.25) is 0 Å². The highest BCUT2D eigenvalue weighted by Gasteiger charge is 2.10. The highest BCUT2D eigenvalue weighted by Crippen LogP contribution is 2.17. The Morgan fingerprint density at radius 1 is 1.40 bits per heavy atom. The van der Waals surface area contributed by atoms with E-state index in [2.05, 4.69) is 23.2 Å². The van der Waals surface area contributed by atoms with E-state index in [9.17, 15) is 4.79 Å². The number of nitrogens with one attached hydrogen (secondary N) is 1. The van der Waals surface area contributed by atoms with Gasteiger partial charge < -0.3 is 11.1 Å². The first-order valence-electron chi connectivity index (χ1n) is 7.17. The molecule has 0 aromatic heterocycles. The Morgan fingerprint density at radius 2 is 2.20 bits per heavy atom. The number of nitrogen functional groups attached to an aromatic ring is 1. The molecule has 4 heteroatoms. The van der Waals surface area contributed by atoms with Crippen molar-refractivity contribution < 1.29 is 4.79 Å². The minimum Gasteiger partial charge on any atom is -0.397 e. The molecule has 0 spiro atoms. The van der Waals surface area contributed by atoms with E-state index in [4.69, 9.17) is 5.73 Å². The number of para-hydroxylation sites is 2. The third-order valence-corrected chi connectivity index (χ3v) is 3.63. The standard InChI is InChI=1S/C16H23N3O/c1-13-8-11-19(12-9-13)10-4-7-16(20)18-15-6-3-2-5-14(15)17/h2-3,5-6,8H,4,7,9-12,17H2,1H3,(H,18,20). The van der Waals surface area contributed by atoms with Gasteiger partial charge in [0.05, 0.1) is 11.4 Å². The van der Waals surface area contributed by atoms with Crippen LogP contribution in [0.1, 0.15) is 26.2 Å². The van der Waals surface area contributed by atoms with Gasteiger partial charge >= 0.3 is 0 Å². The van der Waals surface area contributed by atoms with Gasteiger partial charge in [-0.15, -0.1) is 0 Å².